The number of rotatable bonds is 11. The third-order valence-electron chi connectivity index (χ3n) is 9.37. The minimum Gasteiger partial charge on any atom is -0.481 e. The van der Waals surface area contributed by atoms with Crippen LogP contribution >= 0.6 is 11.8 Å². The van der Waals surface area contributed by atoms with Gasteiger partial charge in [0, 0.05) is 11.9 Å². The van der Waals surface area contributed by atoms with Gasteiger partial charge >= 0.3 is 5.97 Å². The smallest absolute Gasteiger partial charge is 0.304 e. The summed E-state index contributed by atoms with van der Waals surface area (Å²) in [5, 5.41) is 12.4. The summed E-state index contributed by atoms with van der Waals surface area (Å²) >= 11 is 1.38. The van der Waals surface area contributed by atoms with Crippen LogP contribution in [0.15, 0.2) is 121 Å². The Balaban J connectivity index is 1.63. The Morgan fingerprint density at radius 3 is 1.36 bits per heavy atom. The minimum absolute atomic E-state index is 0.233. The van der Waals surface area contributed by atoms with E-state index in [-0.39, 0.29) is 23.1 Å². The van der Waals surface area contributed by atoms with Gasteiger partial charge in [0.15, 0.2) is 0 Å². The molecule has 0 saturated carbocycles. The average molecular weight is 687 g/mol. The van der Waals surface area contributed by atoms with Gasteiger partial charge in [-0.15, -0.1) is 11.8 Å². The molecule has 1 aliphatic rings. The van der Waals surface area contributed by atoms with Crippen molar-refractivity contribution in [1.82, 2.24) is 0 Å². The van der Waals surface area contributed by atoms with E-state index in [9.17, 15) is 9.90 Å². The van der Waals surface area contributed by atoms with Crippen molar-refractivity contribution in [2.24, 2.45) is 0 Å². The molecule has 1 heterocycles. The summed E-state index contributed by atoms with van der Waals surface area (Å²) in [6, 6.07) is 41.3. The van der Waals surface area contributed by atoms with Crippen molar-refractivity contribution < 1.29 is 23.1 Å². The number of alkyl halides is 1. The van der Waals surface area contributed by atoms with Gasteiger partial charge in [0.25, 0.3) is 16.6 Å². The first-order valence-electron chi connectivity index (χ1n) is 16.4. The molecule has 0 spiro atoms. The molecule has 5 rings (SSSR count). The summed E-state index contributed by atoms with van der Waals surface area (Å²) in [4.78, 5) is 12.0. The number of halogens is 1. The van der Waals surface area contributed by atoms with E-state index in [0.29, 0.717) is 0 Å². The Morgan fingerprint density at radius 1 is 0.660 bits per heavy atom. The molecule has 0 bridgehead atoms. The SMILES string of the molecule is CC(C)(C)[Si](OC[C@H]1SC(CC(=O)O)[C@@H](F)[C@@H]1O[Si](c1ccccc1)(c1ccccc1)C(C)(C)C)(c1ccccc1)c1ccccc1. The Hall–Kier alpha value is -3.02. The van der Waals surface area contributed by atoms with Crippen LogP contribution in [0.4, 0.5) is 4.39 Å². The first kappa shape index (κ1) is 35.3. The quantitative estimate of drug-likeness (QED) is 0.176. The van der Waals surface area contributed by atoms with E-state index in [4.69, 9.17) is 8.85 Å². The lowest BCUT2D eigenvalue weighted by atomic mass is 10.1. The minimum atomic E-state index is -3.15. The standard InChI is InChI=1S/C39H47FO4SSi2/c1-38(2,3)46(29-19-11-7-12-20-29,30-21-13-8-14-22-30)43-28-34-37(36(40)33(45-34)27-35(41)42)44-47(39(4,5)6,31-23-15-9-16-24-31)32-25-17-10-18-26-32/h7-26,33-34,36-37H,27-28H2,1-6H3,(H,41,42)/t33?,34-,36-,37-/m1/s1. The zero-order valence-corrected chi connectivity index (χ0v) is 31.0. The third-order valence-corrected chi connectivity index (χ3v) is 20.9. The molecule has 0 aromatic heterocycles. The summed E-state index contributed by atoms with van der Waals surface area (Å²) in [5.74, 6) is -1.01. The van der Waals surface area contributed by atoms with Crippen molar-refractivity contribution in [3.8, 4) is 0 Å². The highest BCUT2D eigenvalue weighted by atomic mass is 32.2. The number of benzene rings is 4. The summed E-state index contributed by atoms with van der Waals surface area (Å²) in [7, 11) is -6.09. The fraction of sp³-hybridized carbons (Fsp3) is 0.359. The lowest BCUT2D eigenvalue weighted by Crippen LogP contribution is -2.69. The molecule has 4 atom stereocenters. The van der Waals surface area contributed by atoms with Gasteiger partial charge in [-0.2, -0.15) is 0 Å². The van der Waals surface area contributed by atoms with Gasteiger partial charge in [-0.05, 0) is 30.8 Å². The number of aliphatic carboxylic acids is 1. The molecule has 47 heavy (non-hydrogen) atoms. The van der Waals surface area contributed by atoms with Gasteiger partial charge in [0.1, 0.15) is 6.17 Å². The van der Waals surface area contributed by atoms with Gasteiger partial charge in [-0.25, -0.2) is 4.39 Å². The molecular formula is C39H47FO4SSi2. The van der Waals surface area contributed by atoms with Crippen LogP contribution in [0.5, 0.6) is 0 Å². The average Bonchev–Trinajstić information content (AvgIpc) is 3.33. The second-order valence-corrected chi connectivity index (χ2v) is 24.5. The van der Waals surface area contributed by atoms with Crippen LogP contribution in [-0.2, 0) is 13.6 Å². The van der Waals surface area contributed by atoms with E-state index in [1.54, 1.807) is 0 Å². The molecule has 0 aliphatic carbocycles. The van der Waals surface area contributed by atoms with Crippen molar-refractivity contribution in [3.63, 3.8) is 0 Å². The molecule has 4 aromatic carbocycles. The Bertz CT molecular complexity index is 1520. The number of carboxylic acids is 1. The highest BCUT2D eigenvalue weighted by molar-refractivity contribution is 8.01. The van der Waals surface area contributed by atoms with Crippen LogP contribution in [-0.4, -0.2) is 57.1 Å². The molecule has 4 nitrogen and oxygen atoms in total. The van der Waals surface area contributed by atoms with Crippen LogP contribution < -0.4 is 20.7 Å². The number of carbonyl (C=O) groups is 1. The number of carboxylic acid groups (broad SMARTS) is 1. The fourth-order valence-electron chi connectivity index (χ4n) is 7.27. The Morgan fingerprint density at radius 2 is 1.02 bits per heavy atom. The molecule has 248 valence electrons. The summed E-state index contributed by atoms with van der Waals surface area (Å²) in [5.41, 5.74) is 0. The van der Waals surface area contributed by atoms with Crippen molar-refractivity contribution in [3.05, 3.63) is 121 Å². The van der Waals surface area contributed by atoms with Gasteiger partial charge in [0.2, 0.25) is 0 Å². The van der Waals surface area contributed by atoms with E-state index >= 15 is 4.39 Å². The normalized spacial score (nSPS) is 20.7. The van der Waals surface area contributed by atoms with Crippen LogP contribution in [0, 0.1) is 0 Å². The molecule has 1 N–H and O–H groups in total. The summed E-state index contributed by atoms with van der Waals surface area (Å²) < 4.78 is 31.6. The number of hydrogen-bond donors (Lipinski definition) is 1. The van der Waals surface area contributed by atoms with Crippen LogP contribution in [0.1, 0.15) is 48.0 Å². The second-order valence-electron chi connectivity index (χ2n) is 14.5. The lowest BCUT2D eigenvalue weighted by Gasteiger charge is -2.46. The molecule has 0 radical (unpaired) electrons. The largest absolute Gasteiger partial charge is 0.481 e. The zero-order valence-electron chi connectivity index (χ0n) is 28.2. The van der Waals surface area contributed by atoms with E-state index in [1.807, 2.05) is 48.5 Å². The predicted molar refractivity (Wildman–Crippen MR) is 198 cm³/mol. The van der Waals surface area contributed by atoms with E-state index in [0.717, 1.165) is 20.7 Å². The topological polar surface area (TPSA) is 55.8 Å². The van der Waals surface area contributed by atoms with E-state index in [1.165, 1.54) is 11.8 Å². The van der Waals surface area contributed by atoms with Crippen molar-refractivity contribution in [2.45, 2.75) is 80.8 Å². The van der Waals surface area contributed by atoms with Gasteiger partial charge in [0.05, 0.1) is 17.8 Å². The van der Waals surface area contributed by atoms with Crippen LogP contribution in [0.25, 0.3) is 0 Å². The molecule has 1 aliphatic heterocycles. The maximum Gasteiger partial charge on any atom is 0.304 e. The van der Waals surface area contributed by atoms with Crippen LogP contribution in [0.2, 0.25) is 10.1 Å². The molecule has 0 amide bonds. The van der Waals surface area contributed by atoms with Crippen molar-refractivity contribution in [2.75, 3.05) is 6.61 Å². The highest BCUT2D eigenvalue weighted by Crippen LogP contribution is 2.46. The predicted octanol–water partition coefficient (Wildman–Crippen LogP) is 6.81. The van der Waals surface area contributed by atoms with E-state index in [2.05, 4.69) is 114 Å². The van der Waals surface area contributed by atoms with Crippen LogP contribution in [0.3, 0.4) is 0 Å². The maximum absolute atomic E-state index is 16.9. The number of thioether (sulfide) groups is 1. The maximum atomic E-state index is 16.9. The monoisotopic (exact) mass is 686 g/mol. The highest BCUT2D eigenvalue weighted by Gasteiger charge is 2.57. The molecule has 1 fully saturated rings. The number of hydrogen-bond acceptors (Lipinski definition) is 4. The van der Waals surface area contributed by atoms with Crippen molar-refractivity contribution in [1.29, 1.82) is 0 Å². The van der Waals surface area contributed by atoms with Gasteiger partial charge < -0.3 is 14.0 Å². The molecule has 1 saturated heterocycles. The first-order valence-corrected chi connectivity index (χ1v) is 21.1. The summed E-state index contributed by atoms with van der Waals surface area (Å²) in [6.07, 6.45) is -2.62. The molecule has 8 heteroatoms. The van der Waals surface area contributed by atoms with Gasteiger partial charge in [-0.3, -0.25) is 4.79 Å². The second kappa shape index (κ2) is 14.2. The first-order chi connectivity index (χ1) is 22.3. The third kappa shape index (κ3) is 6.94. The van der Waals surface area contributed by atoms with Gasteiger partial charge in [-0.1, -0.05) is 163 Å². The molecular weight excluding hydrogens is 640 g/mol. The Kier molecular flexibility index (Phi) is 10.7. The van der Waals surface area contributed by atoms with Crippen molar-refractivity contribution >= 4 is 55.1 Å². The fourth-order valence-corrected chi connectivity index (χ4v) is 18.3. The summed E-state index contributed by atoms with van der Waals surface area (Å²) in [6.45, 7) is 13.4. The molecule has 1 unspecified atom stereocenters. The van der Waals surface area contributed by atoms with E-state index < -0.39 is 45.4 Å². The Labute approximate surface area is 286 Å². The molecule has 4 aromatic rings. The lowest BCUT2D eigenvalue weighted by molar-refractivity contribution is -0.137. The zero-order chi connectivity index (χ0) is 33.9.